The predicted molar refractivity (Wildman–Crippen MR) is 69.8 cm³/mol. The average molecular weight is 263 g/mol. The smallest absolute Gasteiger partial charge is 0.303 e. The van der Waals surface area contributed by atoms with E-state index in [0.717, 1.165) is 43.8 Å². The lowest BCUT2D eigenvalue weighted by molar-refractivity contribution is -0.139. The van der Waals surface area contributed by atoms with Crippen LogP contribution in [0, 0.1) is 5.41 Å². The molecule has 1 heterocycles. The predicted octanol–water partition coefficient (Wildman–Crippen LogP) is 2.27. The Balaban J connectivity index is 1.79. The second-order valence-electron chi connectivity index (χ2n) is 6.24. The van der Waals surface area contributed by atoms with Crippen molar-refractivity contribution in [3.05, 3.63) is 11.6 Å². The van der Waals surface area contributed by atoms with E-state index in [2.05, 4.69) is 10.1 Å². The Morgan fingerprint density at radius 1 is 1.42 bits per heavy atom. The van der Waals surface area contributed by atoms with Crippen LogP contribution in [0.5, 0.6) is 0 Å². The first-order valence-electron chi connectivity index (χ1n) is 7.20. The van der Waals surface area contributed by atoms with Crippen LogP contribution in [0.1, 0.15) is 62.5 Å². The molecule has 2 fully saturated rings. The Hall–Kier alpha value is -1.39. The van der Waals surface area contributed by atoms with Crippen molar-refractivity contribution in [2.45, 2.75) is 57.3 Å². The molecule has 3 rings (SSSR count). The summed E-state index contributed by atoms with van der Waals surface area (Å²) in [4.78, 5) is 15.8. The first-order valence-corrected chi connectivity index (χ1v) is 7.20. The molecule has 19 heavy (non-hydrogen) atoms. The van der Waals surface area contributed by atoms with Crippen molar-refractivity contribution in [1.29, 1.82) is 0 Å². The van der Waals surface area contributed by atoms with Crippen LogP contribution < -0.4 is 0 Å². The molecule has 104 valence electrons. The highest BCUT2D eigenvalue weighted by Gasteiger charge is 2.38. The van der Waals surface area contributed by atoms with Gasteiger partial charge in [-0.25, -0.2) is 4.98 Å². The van der Waals surface area contributed by atoms with E-state index in [0.29, 0.717) is 5.92 Å². The molecule has 2 saturated carbocycles. The van der Waals surface area contributed by atoms with Gasteiger partial charge in [0.2, 0.25) is 0 Å². The number of hydrogen-bond acceptors (Lipinski definition) is 3. The summed E-state index contributed by atoms with van der Waals surface area (Å²) in [5, 5.41) is 13.6. The number of carboxylic acid groups (broad SMARTS) is 1. The van der Waals surface area contributed by atoms with E-state index in [4.69, 9.17) is 5.11 Å². The minimum Gasteiger partial charge on any atom is -0.481 e. The monoisotopic (exact) mass is 263 g/mol. The van der Waals surface area contributed by atoms with Gasteiger partial charge in [0.05, 0.1) is 6.42 Å². The maximum Gasteiger partial charge on any atom is 0.303 e. The van der Waals surface area contributed by atoms with Gasteiger partial charge in [-0.1, -0.05) is 12.8 Å². The Labute approximate surface area is 113 Å². The van der Waals surface area contributed by atoms with Crippen molar-refractivity contribution in [2.75, 3.05) is 0 Å². The zero-order chi connectivity index (χ0) is 13.5. The fourth-order valence-corrected chi connectivity index (χ4v) is 3.30. The third-order valence-corrected chi connectivity index (χ3v) is 4.54. The number of hydrogen-bond donors (Lipinski definition) is 1. The molecule has 0 radical (unpaired) electrons. The van der Waals surface area contributed by atoms with Gasteiger partial charge < -0.3 is 5.11 Å². The molecule has 0 bridgehead atoms. The molecule has 0 unspecified atom stereocenters. The molecule has 0 aromatic carbocycles. The molecule has 5 nitrogen and oxygen atoms in total. The van der Waals surface area contributed by atoms with Gasteiger partial charge in [0, 0.05) is 19.4 Å². The third-order valence-electron chi connectivity index (χ3n) is 4.54. The number of carbonyl (C=O) groups is 1. The molecular formula is C14H21N3O2. The highest BCUT2D eigenvalue weighted by Crippen LogP contribution is 2.44. The first-order chi connectivity index (χ1) is 9.08. The van der Waals surface area contributed by atoms with Crippen LogP contribution in [0.15, 0.2) is 0 Å². The molecule has 2 aliphatic rings. The molecule has 2 aliphatic carbocycles. The minimum atomic E-state index is -0.688. The molecule has 0 amide bonds. The van der Waals surface area contributed by atoms with Crippen LogP contribution in [0.4, 0.5) is 0 Å². The summed E-state index contributed by atoms with van der Waals surface area (Å²) < 4.78 is 1.86. The normalized spacial score (nSPS) is 21.7. The van der Waals surface area contributed by atoms with Crippen molar-refractivity contribution in [3.63, 3.8) is 0 Å². The van der Waals surface area contributed by atoms with Gasteiger partial charge in [0.1, 0.15) is 5.82 Å². The SMILES string of the molecule is Cn1nc(C2CC2)nc1CC1(CC(=O)O)CCCC1. The Bertz CT molecular complexity index is 485. The van der Waals surface area contributed by atoms with Crippen molar-refractivity contribution >= 4 is 5.97 Å². The standard InChI is InChI=1S/C14H21N3O2/c1-17-11(15-13(16-17)10-4-5-10)8-14(9-12(18)19)6-2-3-7-14/h10H,2-9H2,1H3,(H,18,19). The van der Waals surface area contributed by atoms with Crippen LogP contribution in [-0.2, 0) is 18.3 Å². The van der Waals surface area contributed by atoms with Gasteiger partial charge in [0.25, 0.3) is 0 Å². The summed E-state index contributed by atoms with van der Waals surface area (Å²) in [6.45, 7) is 0. The van der Waals surface area contributed by atoms with Gasteiger partial charge >= 0.3 is 5.97 Å². The van der Waals surface area contributed by atoms with E-state index in [1.165, 1.54) is 12.8 Å². The van der Waals surface area contributed by atoms with Gasteiger partial charge in [-0.05, 0) is 31.1 Å². The Morgan fingerprint density at radius 2 is 2.11 bits per heavy atom. The van der Waals surface area contributed by atoms with E-state index in [9.17, 15) is 4.79 Å². The second-order valence-corrected chi connectivity index (χ2v) is 6.24. The molecule has 0 aliphatic heterocycles. The average Bonchev–Trinajstić information content (AvgIpc) is 3.00. The van der Waals surface area contributed by atoms with E-state index in [-0.39, 0.29) is 11.8 Å². The van der Waals surface area contributed by atoms with Crippen LogP contribution in [-0.4, -0.2) is 25.8 Å². The van der Waals surface area contributed by atoms with Gasteiger partial charge in [-0.2, -0.15) is 5.10 Å². The van der Waals surface area contributed by atoms with Crippen molar-refractivity contribution in [1.82, 2.24) is 14.8 Å². The molecule has 1 aromatic heterocycles. The topological polar surface area (TPSA) is 68.0 Å². The van der Waals surface area contributed by atoms with E-state index < -0.39 is 5.97 Å². The Kier molecular flexibility index (Phi) is 3.07. The molecule has 1 N–H and O–H groups in total. The summed E-state index contributed by atoms with van der Waals surface area (Å²) in [6, 6.07) is 0. The number of aryl methyl sites for hydroxylation is 1. The molecule has 0 atom stereocenters. The van der Waals surface area contributed by atoms with E-state index in [1.807, 2.05) is 11.7 Å². The molecular weight excluding hydrogens is 242 g/mol. The number of aliphatic carboxylic acids is 1. The lowest BCUT2D eigenvalue weighted by Crippen LogP contribution is -2.25. The lowest BCUT2D eigenvalue weighted by Gasteiger charge is -2.26. The fourth-order valence-electron chi connectivity index (χ4n) is 3.30. The quantitative estimate of drug-likeness (QED) is 0.884. The van der Waals surface area contributed by atoms with Crippen molar-refractivity contribution in [3.8, 4) is 0 Å². The molecule has 0 saturated heterocycles. The highest BCUT2D eigenvalue weighted by molar-refractivity contribution is 5.67. The van der Waals surface area contributed by atoms with Gasteiger partial charge in [-0.3, -0.25) is 9.48 Å². The zero-order valence-electron chi connectivity index (χ0n) is 11.4. The number of rotatable bonds is 5. The maximum absolute atomic E-state index is 11.1. The van der Waals surface area contributed by atoms with Crippen molar-refractivity contribution in [2.24, 2.45) is 12.5 Å². The molecule has 1 aromatic rings. The van der Waals surface area contributed by atoms with Crippen LogP contribution >= 0.6 is 0 Å². The van der Waals surface area contributed by atoms with Crippen LogP contribution in [0.25, 0.3) is 0 Å². The second kappa shape index (κ2) is 4.62. The largest absolute Gasteiger partial charge is 0.481 e. The van der Waals surface area contributed by atoms with E-state index >= 15 is 0 Å². The van der Waals surface area contributed by atoms with Crippen molar-refractivity contribution < 1.29 is 9.90 Å². The van der Waals surface area contributed by atoms with Crippen LogP contribution in [0.3, 0.4) is 0 Å². The maximum atomic E-state index is 11.1. The minimum absolute atomic E-state index is 0.0898. The summed E-state index contributed by atoms with van der Waals surface area (Å²) in [6.07, 6.45) is 7.71. The molecule has 0 spiro atoms. The third kappa shape index (κ3) is 2.65. The fraction of sp³-hybridized carbons (Fsp3) is 0.786. The first kappa shape index (κ1) is 12.6. The van der Waals surface area contributed by atoms with Gasteiger partial charge in [-0.15, -0.1) is 0 Å². The van der Waals surface area contributed by atoms with Gasteiger partial charge in [0.15, 0.2) is 5.82 Å². The zero-order valence-corrected chi connectivity index (χ0v) is 11.4. The lowest BCUT2D eigenvalue weighted by atomic mass is 9.79. The summed E-state index contributed by atoms with van der Waals surface area (Å²) >= 11 is 0. The number of aromatic nitrogens is 3. The van der Waals surface area contributed by atoms with Crippen LogP contribution in [0.2, 0.25) is 0 Å². The molecule has 5 heteroatoms. The Morgan fingerprint density at radius 3 is 2.68 bits per heavy atom. The summed E-state index contributed by atoms with van der Waals surface area (Å²) in [7, 11) is 1.93. The summed E-state index contributed by atoms with van der Waals surface area (Å²) in [5.74, 6) is 1.79. The number of nitrogens with zero attached hydrogens (tertiary/aromatic N) is 3. The van der Waals surface area contributed by atoms with E-state index in [1.54, 1.807) is 0 Å². The summed E-state index contributed by atoms with van der Waals surface area (Å²) in [5.41, 5.74) is -0.0898. The number of carboxylic acids is 1. The highest BCUT2D eigenvalue weighted by atomic mass is 16.4.